The van der Waals surface area contributed by atoms with Gasteiger partial charge in [0, 0.05) is 35.8 Å². The Morgan fingerprint density at radius 2 is 2.17 bits per heavy atom. The zero-order valence-electron chi connectivity index (χ0n) is 10.6. The van der Waals surface area contributed by atoms with E-state index in [-0.39, 0.29) is 5.82 Å². The normalized spacial score (nSPS) is 18.8. The lowest BCUT2D eigenvalue weighted by Gasteiger charge is -2.28. The quantitative estimate of drug-likeness (QED) is 0.918. The lowest BCUT2D eigenvalue weighted by atomic mass is 9.93. The van der Waals surface area contributed by atoms with Gasteiger partial charge in [0.1, 0.15) is 5.82 Å². The van der Waals surface area contributed by atoms with E-state index in [0.29, 0.717) is 24.1 Å². The second-order valence-corrected chi connectivity index (χ2v) is 5.77. The van der Waals surface area contributed by atoms with Crippen molar-refractivity contribution >= 4 is 15.9 Å². The summed E-state index contributed by atoms with van der Waals surface area (Å²) in [4.78, 5) is 0. The fourth-order valence-electron chi connectivity index (χ4n) is 2.33. The van der Waals surface area contributed by atoms with Crippen LogP contribution in [0.5, 0.6) is 0 Å². The summed E-state index contributed by atoms with van der Waals surface area (Å²) in [5, 5.41) is 3.42. The zero-order valence-corrected chi connectivity index (χ0v) is 12.2. The number of hydrogen-bond donors (Lipinski definition) is 1. The predicted molar refractivity (Wildman–Crippen MR) is 73.9 cm³/mol. The Morgan fingerprint density at radius 3 is 2.89 bits per heavy atom. The molecule has 1 atom stereocenters. The van der Waals surface area contributed by atoms with Gasteiger partial charge in [-0.15, -0.1) is 0 Å². The average molecular weight is 316 g/mol. The summed E-state index contributed by atoms with van der Waals surface area (Å²) in [5.74, 6) is 0.485. The Bertz CT molecular complexity index is 393. The molecule has 100 valence electrons. The summed E-state index contributed by atoms with van der Waals surface area (Å²) in [6.07, 6.45) is 2.18. The zero-order chi connectivity index (χ0) is 13.0. The van der Waals surface area contributed by atoms with Crippen molar-refractivity contribution in [3.63, 3.8) is 0 Å². The second-order valence-electron chi connectivity index (χ2n) is 4.86. The first-order valence-corrected chi connectivity index (χ1v) is 7.21. The maximum Gasteiger partial charge on any atom is 0.127 e. The van der Waals surface area contributed by atoms with Gasteiger partial charge in [0.25, 0.3) is 0 Å². The number of nitrogens with one attached hydrogen (secondary N) is 1. The highest BCUT2D eigenvalue weighted by Crippen LogP contribution is 2.20. The van der Waals surface area contributed by atoms with Gasteiger partial charge in [-0.3, -0.25) is 0 Å². The van der Waals surface area contributed by atoms with Crippen LogP contribution in [0.2, 0.25) is 0 Å². The van der Waals surface area contributed by atoms with Crippen LogP contribution in [0.15, 0.2) is 22.7 Å². The monoisotopic (exact) mass is 315 g/mol. The molecule has 1 N–H and O–H groups in total. The number of ether oxygens (including phenoxy) is 1. The van der Waals surface area contributed by atoms with E-state index in [2.05, 4.69) is 28.2 Å². The van der Waals surface area contributed by atoms with Gasteiger partial charge in [-0.2, -0.15) is 0 Å². The molecule has 1 unspecified atom stereocenters. The number of rotatable bonds is 4. The van der Waals surface area contributed by atoms with Gasteiger partial charge in [0.15, 0.2) is 0 Å². The lowest BCUT2D eigenvalue weighted by Crippen LogP contribution is -2.36. The third-order valence-electron chi connectivity index (χ3n) is 3.60. The van der Waals surface area contributed by atoms with Crippen molar-refractivity contribution in [3.05, 3.63) is 34.1 Å². The summed E-state index contributed by atoms with van der Waals surface area (Å²) >= 11 is 3.37. The molecule has 1 aliphatic heterocycles. The topological polar surface area (TPSA) is 21.3 Å². The minimum absolute atomic E-state index is 0.148. The minimum atomic E-state index is -0.148. The molecular formula is C14H19BrFNO. The van der Waals surface area contributed by atoms with Crippen LogP contribution in [-0.2, 0) is 11.3 Å². The van der Waals surface area contributed by atoms with Crippen LogP contribution in [0.3, 0.4) is 0 Å². The summed E-state index contributed by atoms with van der Waals surface area (Å²) in [7, 11) is 0. The van der Waals surface area contributed by atoms with E-state index in [1.54, 1.807) is 6.07 Å². The van der Waals surface area contributed by atoms with Gasteiger partial charge in [0.2, 0.25) is 0 Å². The molecular weight excluding hydrogens is 297 g/mol. The van der Waals surface area contributed by atoms with E-state index in [9.17, 15) is 4.39 Å². The van der Waals surface area contributed by atoms with E-state index in [1.807, 2.05) is 6.07 Å². The first kappa shape index (κ1) is 14.0. The number of halogens is 2. The lowest BCUT2D eigenvalue weighted by molar-refractivity contribution is 0.0557. The molecule has 0 bridgehead atoms. The molecule has 1 fully saturated rings. The van der Waals surface area contributed by atoms with Crippen LogP contribution < -0.4 is 5.32 Å². The number of hydrogen-bond acceptors (Lipinski definition) is 2. The van der Waals surface area contributed by atoms with Crippen molar-refractivity contribution in [2.75, 3.05) is 13.2 Å². The van der Waals surface area contributed by atoms with Crippen molar-refractivity contribution in [1.82, 2.24) is 5.32 Å². The smallest absolute Gasteiger partial charge is 0.127 e. The van der Waals surface area contributed by atoms with Crippen LogP contribution >= 0.6 is 15.9 Å². The van der Waals surface area contributed by atoms with Gasteiger partial charge >= 0.3 is 0 Å². The summed E-state index contributed by atoms with van der Waals surface area (Å²) in [6.45, 7) is 4.44. The first-order valence-electron chi connectivity index (χ1n) is 6.42. The molecule has 0 aliphatic carbocycles. The minimum Gasteiger partial charge on any atom is -0.381 e. The highest BCUT2D eigenvalue weighted by atomic mass is 79.9. The van der Waals surface area contributed by atoms with E-state index >= 15 is 0 Å². The Balaban J connectivity index is 1.88. The van der Waals surface area contributed by atoms with E-state index < -0.39 is 0 Å². The molecule has 0 saturated carbocycles. The Kier molecular flexibility index (Phi) is 5.15. The third kappa shape index (κ3) is 3.77. The Morgan fingerprint density at radius 1 is 1.44 bits per heavy atom. The highest BCUT2D eigenvalue weighted by molar-refractivity contribution is 9.10. The van der Waals surface area contributed by atoms with Crippen LogP contribution in [0.4, 0.5) is 4.39 Å². The molecule has 18 heavy (non-hydrogen) atoms. The molecule has 4 heteroatoms. The predicted octanol–water partition coefficient (Wildman–Crippen LogP) is 3.49. The molecule has 0 amide bonds. The van der Waals surface area contributed by atoms with E-state index in [1.165, 1.54) is 6.07 Å². The van der Waals surface area contributed by atoms with Crippen LogP contribution in [0.25, 0.3) is 0 Å². The summed E-state index contributed by atoms with van der Waals surface area (Å²) < 4.78 is 19.9. The van der Waals surface area contributed by atoms with Gasteiger partial charge in [-0.1, -0.05) is 15.9 Å². The fraction of sp³-hybridized carbons (Fsp3) is 0.571. The van der Waals surface area contributed by atoms with Gasteiger partial charge in [0.05, 0.1) is 0 Å². The highest BCUT2D eigenvalue weighted by Gasteiger charge is 2.20. The maximum atomic E-state index is 13.6. The van der Waals surface area contributed by atoms with E-state index in [4.69, 9.17) is 4.74 Å². The third-order valence-corrected chi connectivity index (χ3v) is 4.09. The molecule has 2 nitrogen and oxygen atoms in total. The van der Waals surface area contributed by atoms with Crippen LogP contribution in [0.1, 0.15) is 25.3 Å². The maximum absolute atomic E-state index is 13.6. The molecule has 2 rings (SSSR count). The van der Waals surface area contributed by atoms with Crippen LogP contribution in [0, 0.1) is 11.7 Å². The Hall–Kier alpha value is -0.450. The summed E-state index contributed by atoms with van der Waals surface area (Å²) in [6, 6.07) is 5.45. The molecule has 1 saturated heterocycles. The number of benzene rings is 1. The van der Waals surface area contributed by atoms with Crippen molar-refractivity contribution < 1.29 is 9.13 Å². The Labute approximate surface area is 116 Å². The fourth-order valence-corrected chi connectivity index (χ4v) is 2.74. The SMILES string of the molecule is CC(NCc1cc(Br)ccc1F)C1CCOCC1. The second kappa shape index (κ2) is 6.64. The first-order chi connectivity index (χ1) is 8.66. The largest absolute Gasteiger partial charge is 0.381 e. The van der Waals surface area contributed by atoms with E-state index in [0.717, 1.165) is 30.5 Å². The average Bonchev–Trinajstić information content (AvgIpc) is 2.40. The standard InChI is InChI=1S/C14H19BrFNO/c1-10(11-4-6-18-7-5-11)17-9-12-8-13(15)2-3-14(12)16/h2-3,8,10-11,17H,4-7,9H2,1H3. The molecule has 1 heterocycles. The molecule has 0 radical (unpaired) electrons. The van der Waals surface area contributed by atoms with Crippen molar-refractivity contribution in [2.24, 2.45) is 5.92 Å². The summed E-state index contributed by atoms with van der Waals surface area (Å²) in [5.41, 5.74) is 0.711. The van der Waals surface area contributed by atoms with Crippen molar-refractivity contribution in [2.45, 2.75) is 32.4 Å². The van der Waals surface area contributed by atoms with Crippen molar-refractivity contribution in [3.8, 4) is 0 Å². The van der Waals surface area contributed by atoms with Crippen LogP contribution in [-0.4, -0.2) is 19.3 Å². The van der Waals surface area contributed by atoms with Gasteiger partial charge in [-0.05, 0) is 43.9 Å². The molecule has 1 aromatic carbocycles. The molecule has 1 aromatic rings. The van der Waals surface area contributed by atoms with Gasteiger partial charge < -0.3 is 10.1 Å². The molecule has 0 aromatic heterocycles. The van der Waals surface area contributed by atoms with Crippen molar-refractivity contribution in [1.29, 1.82) is 0 Å². The molecule has 0 spiro atoms. The molecule has 1 aliphatic rings. The van der Waals surface area contributed by atoms with Gasteiger partial charge in [-0.25, -0.2) is 4.39 Å².